The highest BCUT2D eigenvalue weighted by Gasteiger charge is 2.74. The Kier molecular flexibility index (Phi) is 6.06. The minimum Gasteiger partial charge on any atom is -0.491 e. The summed E-state index contributed by atoms with van der Waals surface area (Å²) < 4.78 is 31.0. The molecule has 0 aliphatic heterocycles. The number of hydrogen-bond donors (Lipinski definition) is 1. The van der Waals surface area contributed by atoms with Crippen molar-refractivity contribution in [1.82, 2.24) is 15.1 Å². The predicted molar refractivity (Wildman–Crippen MR) is 114 cm³/mol. The number of nitrogens with one attached hydrogen (secondary N) is 1. The molecular formula is C21H33N3O5S. The molecule has 3 fully saturated rings. The van der Waals surface area contributed by atoms with Gasteiger partial charge in [0.15, 0.2) is 9.84 Å². The Morgan fingerprint density at radius 1 is 1.27 bits per heavy atom. The van der Waals surface area contributed by atoms with Crippen LogP contribution in [0.4, 0.5) is 0 Å². The zero-order valence-corrected chi connectivity index (χ0v) is 19.3. The van der Waals surface area contributed by atoms with Gasteiger partial charge in [0.2, 0.25) is 5.91 Å². The molecule has 3 aliphatic rings. The minimum absolute atomic E-state index is 0.0309. The maximum absolute atomic E-state index is 12.6. The minimum atomic E-state index is -3.11. The van der Waals surface area contributed by atoms with Gasteiger partial charge in [-0.1, -0.05) is 34.6 Å². The fraction of sp³-hybridized carbons (Fsp3) is 0.762. The molecule has 1 amide bonds. The van der Waals surface area contributed by atoms with Crippen LogP contribution in [0.5, 0.6) is 5.75 Å². The maximum atomic E-state index is 12.6. The molecule has 2 bridgehead atoms. The van der Waals surface area contributed by atoms with E-state index in [2.05, 4.69) is 10.4 Å². The summed E-state index contributed by atoms with van der Waals surface area (Å²) in [5.74, 6) is 0.678. The van der Waals surface area contributed by atoms with E-state index in [4.69, 9.17) is 4.74 Å². The summed E-state index contributed by atoms with van der Waals surface area (Å²) in [5.41, 5.74) is -0.200. The monoisotopic (exact) mass is 439 g/mol. The van der Waals surface area contributed by atoms with Crippen molar-refractivity contribution in [3.8, 4) is 5.75 Å². The van der Waals surface area contributed by atoms with Crippen LogP contribution in [0.25, 0.3) is 0 Å². The van der Waals surface area contributed by atoms with Gasteiger partial charge in [-0.3, -0.25) is 9.59 Å². The van der Waals surface area contributed by atoms with Crippen LogP contribution in [0, 0.1) is 5.92 Å². The summed E-state index contributed by atoms with van der Waals surface area (Å²) in [4.78, 5) is 25.0. The highest BCUT2D eigenvalue weighted by molar-refractivity contribution is 7.93. The third-order valence-corrected chi connectivity index (χ3v) is 8.62. The lowest BCUT2D eigenvalue weighted by atomic mass is 9.49. The van der Waals surface area contributed by atoms with Gasteiger partial charge in [0.1, 0.15) is 18.0 Å². The number of nitrogens with zero attached hydrogens (tertiary/aromatic N) is 2. The lowest BCUT2D eigenvalue weighted by Crippen LogP contribution is -2.81. The van der Waals surface area contributed by atoms with Gasteiger partial charge in [-0.25, -0.2) is 13.1 Å². The molecule has 0 spiro atoms. The number of ether oxygens (including phenoxy) is 1. The lowest BCUT2D eigenvalue weighted by molar-refractivity contribution is -0.131. The summed E-state index contributed by atoms with van der Waals surface area (Å²) in [6, 6.07) is 1.39. The van der Waals surface area contributed by atoms with Gasteiger partial charge in [-0.15, -0.1) is 0 Å². The predicted octanol–water partition coefficient (Wildman–Crippen LogP) is 2.02. The number of carbonyl (C=O) groups excluding carboxylic acids is 1. The van der Waals surface area contributed by atoms with E-state index in [1.807, 2.05) is 34.6 Å². The fourth-order valence-electron chi connectivity index (χ4n) is 4.49. The second kappa shape index (κ2) is 7.98. The number of sulfone groups is 1. The zero-order valence-electron chi connectivity index (χ0n) is 18.5. The van der Waals surface area contributed by atoms with E-state index in [9.17, 15) is 18.0 Å². The second-order valence-corrected chi connectivity index (χ2v) is 12.1. The maximum Gasteiger partial charge on any atom is 0.270 e. The van der Waals surface area contributed by atoms with E-state index in [-0.39, 0.29) is 24.1 Å². The summed E-state index contributed by atoms with van der Waals surface area (Å²) in [6.45, 7) is 10.1. The smallest absolute Gasteiger partial charge is 0.270 e. The first kappa shape index (κ1) is 22.8. The third kappa shape index (κ3) is 4.13. The van der Waals surface area contributed by atoms with Crippen molar-refractivity contribution in [3.63, 3.8) is 0 Å². The summed E-state index contributed by atoms with van der Waals surface area (Å²) in [7, 11) is -3.11. The molecule has 0 unspecified atom stereocenters. The highest BCUT2D eigenvalue weighted by Crippen LogP contribution is 2.65. The van der Waals surface area contributed by atoms with Gasteiger partial charge in [0, 0.05) is 17.5 Å². The molecule has 1 aromatic rings. The van der Waals surface area contributed by atoms with E-state index in [1.165, 1.54) is 6.07 Å². The lowest BCUT2D eigenvalue weighted by Gasteiger charge is -2.69. The highest BCUT2D eigenvalue weighted by atomic mass is 32.2. The average molecular weight is 440 g/mol. The van der Waals surface area contributed by atoms with Gasteiger partial charge in [-0.2, -0.15) is 5.10 Å². The van der Waals surface area contributed by atoms with Crippen molar-refractivity contribution in [1.29, 1.82) is 0 Å². The number of aromatic nitrogens is 2. The Labute approximate surface area is 178 Å². The van der Waals surface area contributed by atoms with Crippen molar-refractivity contribution in [2.24, 2.45) is 5.92 Å². The van der Waals surface area contributed by atoms with Crippen molar-refractivity contribution in [2.45, 2.75) is 83.1 Å². The quantitative estimate of drug-likeness (QED) is 0.598. The van der Waals surface area contributed by atoms with Gasteiger partial charge in [-0.05, 0) is 31.6 Å². The Hall–Kier alpha value is -1.90. The molecule has 0 radical (unpaired) electrons. The van der Waals surface area contributed by atoms with Crippen LogP contribution >= 0.6 is 0 Å². The number of amides is 1. The van der Waals surface area contributed by atoms with Gasteiger partial charge in [0.05, 0.1) is 17.1 Å². The molecule has 0 atom stereocenters. The summed E-state index contributed by atoms with van der Waals surface area (Å²) >= 11 is 0. The number of hydrogen-bond acceptors (Lipinski definition) is 6. The molecule has 1 aromatic heterocycles. The van der Waals surface area contributed by atoms with Crippen molar-refractivity contribution in [2.75, 3.05) is 12.4 Å². The fourth-order valence-corrected chi connectivity index (χ4v) is 6.95. The molecule has 0 aromatic carbocycles. The Bertz CT molecular complexity index is 961. The molecule has 168 valence electrons. The van der Waals surface area contributed by atoms with E-state index < -0.39 is 25.7 Å². The molecule has 1 N–H and O–H groups in total. The molecule has 3 aliphatic carbocycles. The van der Waals surface area contributed by atoms with Gasteiger partial charge < -0.3 is 10.1 Å². The first-order valence-corrected chi connectivity index (χ1v) is 12.4. The molecule has 4 rings (SSSR count). The summed E-state index contributed by atoms with van der Waals surface area (Å²) in [5, 5.41) is 7.32. The third-order valence-electron chi connectivity index (χ3n) is 5.92. The molecule has 0 saturated heterocycles. The van der Waals surface area contributed by atoms with Crippen LogP contribution in [-0.2, 0) is 21.2 Å². The molecule has 1 heterocycles. The topological polar surface area (TPSA) is 107 Å². The van der Waals surface area contributed by atoms with Crippen LogP contribution in [0.3, 0.4) is 0 Å². The first-order chi connectivity index (χ1) is 13.9. The molecule has 30 heavy (non-hydrogen) atoms. The van der Waals surface area contributed by atoms with E-state index in [0.717, 1.165) is 4.68 Å². The standard InChI is InChI=1S/C21H33N3O5S/c1-6-7-30(27,28)21-11-20(12-21,13-21)22-17(25)9-24-18(26)8-16(29-10-14(2)3)19(23-24)15(4)5/h8,14-15H,6-7,9-13H2,1-5H3,(H,22,25). The van der Waals surface area contributed by atoms with Crippen molar-refractivity contribution in [3.05, 3.63) is 22.1 Å². The van der Waals surface area contributed by atoms with Crippen LogP contribution in [-0.4, -0.2) is 46.8 Å². The van der Waals surface area contributed by atoms with Gasteiger partial charge in [0.25, 0.3) is 5.56 Å². The van der Waals surface area contributed by atoms with Crippen LogP contribution in [0.1, 0.15) is 71.9 Å². The van der Waals surface area contributed by atoms with Crippen LogP contribution in [0.2, 0.25) is 0 Å². The average Bonchev–Trinajstić information content (AvgIpc) is 2.56. The molecule has 3 saturated carbocycles. The van der Waals surface area contributed by atoms with E-state index in [0.29, 0.717) is 49.7 Å². The summed E-state index contributed by atoms with van der Waals surface area (Å²) in [6.07, 6.45) is 2.01. The second-order valence-electron chi connectivity index (χ2n) is 9.61. The van der Waals surface area contributed by atoms with Crippen LogP contribution < -0.4 is 15.6 Å². The molecular weight excluding hydrogens is 406 g/mol. The van der Waals surface area contributed by atoms with Crippen molar-refractivity contribution >= 4 is 15.7 Å². The zero-order chi connectivity index (χ0) is 22.3. The molecule has 9 heteroatoms. The van der Waals surface area contributed by atoms with Crippen molar-refractivity contribution < 1.29 is 17.9 Å². The van der Waals surface area contributed by atoms with Crippen LogP contribution in [0.15, 0.2) is 10.9 Å². The van der Waals surface area contributed by atoms with Gasteiger partial charge >= 0.3 is 0 Å². The largest absolute Gasteiger partial charge is 0.491 e. The van der Waals surface area contributed by atoms with E-state index in [1.54, 1.807) is 0 Å². The first-order valence-electron chi connectivity index (χ1n) is 10.7. The Morgan fingerprint density at radius 2 is 1.90 bits per heavy atom. The molecule has 8 nitrogen and oxygen atoms in total. The number of carbonyl (C=O) groups is 1. The normalized spacial score (nSPS) is 25.0. The Balaban J connectivity index is 1.65. The van der Waals surface area contributed by atoms with E-state index >= 15 is 0 Å². The number of rotatable bonds is 10. The SMILES string of the molecule is CCCS(=O)(=O)C12CC(NC(=O)Cn3nc(C(C)C)c(OCC(C)C)cc3=O)(C1)C2. The Morgan fingerprint density at radius 3 is 2.43 bits per heavy atom.